The largest absolute Gasteiger partial charge is 0.449 e. The molecule has 2 heterocycles. The van der Waals surface area contributed by atoms with Crippen LogP contribution in [0.1, 0.15) is 11.3 Å². The molecule has 0 atom stereocenters. The highest BCUT2D eigenvalue weighted by atomic mass is 35.5. The Morgan fingerprint density at radius 3 is 2.95 bits per heavy atom. The van der Waals surface area contributed by atoms with Crippen molar-refractivity contribution in [3.05, 3.63) is 51.4 Å². The summed E-state index contributed by atoms with van der Waals surface area (Å²) in [6.45, 7) is 1.05. The number of hydrogen-bond acceptors (Lipinski definition) is 4. The molecule has 0 fully saturated rings. The predicted octanol–water partition coefficient (Wildman–Crippen LogP) is 3.52. The Morgan fingerprint density at radius 2 is 2.23 bits per heavy atom. The molecule has 1 amide bonds. The van der Waals surface area contributed by atoms with Crippen LogP contribution in [0.4, 0.5) is 5.69 Å². The van der Waals surface area contributed by atoms with Crippen LogP contribution in [0.2, 0.25) is 5.02 Å². The Kier molecular flexibility index (Phi) is 4.47. The fraction of sp³-hybridized carbons (Fsp3) is 0.188. The van der Waals surface area contributed by atoms with Gasteiger partial charge in [-0.2, -0.15) is 0 Å². The van der Waals surface area contributed by atoms with E-state index in [4.69, 9.17) is 22.1 Å². The van der Waals surface area contributed by atoms with Gasteiger partial charge in [0.2, 0.25) is 0 Å². The molecule has 6 heteroatoms. The molecule has 2 N–H and O–H groups in total. The number of nitrogens with two attached hydrogens (primary N) is 1. The molecule has 1 aliphatic rings. The van der Waals surface area contributed by atoms with Gasteiger partial charge in [-0.3, -0.25) is 4.79 Å². The van der Waals surface area contributed by atoms with Crippen molar-refractivity contribution >= 4 is 40.6 Å². The summed E-state index contributed by atoms with van der Waals surface area (Å²) in [6, 6.07) is 9.15. The van der Waals surface area contributed by atoms with Crippen LogP contribution in [0, 0.1) is 0 Å². The highest BCUT2D eigenvalue weighted by Gasteiger charge is 2.30. The Balaban J connectivity index is 2.00. The van der Waals surface area contributed by atoms with Gasteiger partial charge >= 0.3 is 0 Å². The Morgan fingerprint density at radius 1 is 1.36 bits per heavy atom. The Labute approximate surface area is 137 Å². The lowest BCUT2D eigenvalue weighted by atomic mass is 10.2. The molecule has 0 saturated carbocycles. The SMILES string of the molecule is NCCCN1C(=O)/C(=C\c2cccs2)Oc2ccc(Cl)cc21. The molecule has 0 aliphatic carbocycles. The molecule has 3 rings (SSSR count). The number of halogens is 1. The average Bonchev–Trinajstić information content (AvgIpc) is 3.01. The summed E-state index contributed by atoms with van der Waals surface area (Å²) in [5, 5.41) is 2.53. The van der Waals surface area contributed by atoms with Crippen molar-refractivity contribution in [2.45, 2.75) is 6.42 Å². The highest BCUT2D eigenvalue weighted by Crippen LogP contribution is 2.38. The van der Waals surface area contributed by atoms with E-state index in [9.17, 15) is 4.79 Å². The molecule has 0 saturated heterocycles. The molecule has 0 bridgehead atoms. The van der Waals surface area contributed by atoms with Crippen molar-refractivity contribution in [1.82, 2.24) is 0 Å². The van der Waals surface area contributed by atoms with E-state index in [0.717, 1.165) is 4.88 Å². The zero-order valence-corrected chi connectivity index (χ0v) is 13.4. The second-order valence-electron chi connectivity index (χ2n) is 4.84. The van der Waals surface area contributed by atoms with Gasteiger partial charge < -0.3 is 15.4 Å². The highest BCUT2D eigenvalue weighted by molar-refractivity contribution is 7.10. The number of hydrogen-bond donors (Lipinski definition) is 1. The Hall–Kier alpha value is -1.82. The van der Waals surface area contributed by atoms with Crippen LogP contribution in [0.15, 0.2) is 41.5 Å². The third-order valence-electron chi connectivity index (χ3n) is 3.29. The first-order valence-electron chi connectivity index (χ1n) is 6.93. The van der Waals surface area contributed by atoms with Crippen LogP contribution in [-0.2, 0) is 4.79 Å². The molecule has 1 aliphatic heterocycles. The summed E-state index contributed by atoms with van der Waals surface area (Å²) in [5.74, 6) is 0.773. The number of rotatable bonds is 4. The molecule has 0 radical (unpaired) electrons. The average molecular weight is 335 g/mol. The van der Waals surface area contributed by atoms with E-state index in [1.165, 1.54) is 0 Å². The van der Waals surface area contributed by atoms with Crippen LogP contribution in [0.5, 0.6) is 5.75 Å². The smallest absolute Gasteiger partial charge is 0.294 e. The van der Waals surface area contributed by atoms with E-state index >= 15 is 0 Å². The Bertz CT molecular complexity index is 713. The van der Waals surface area contributed by atoms with Crippen molar-refractivity contribution in [1.29, 1.82) is 0 Å². The van der Waals surface area contributed by atoms with E-state index < -0.39 is 0 Å². The van der Waals surface area contributed by atoms with Crippen LogP contribution in [-0.4, -0.2) is 19.0 Å². The summed E-state index contributed by atoms with van der Waals surface area (Å²) in [5.41, 5.74) is 6.27. The first-order valence-corrected chi connectivity index (χ1v) is 8.19. The molecule has 0 spiro atoms. The van der Waals surface area contributed by atoms with Crippen molar-refractivity contribution in [3.63, 3.8) is 0 Å². The first kappa shape index (κ1) is 15.1. The summed E-state index contributed by atoms with van der Waals surface area (Å²) in [4.78, 5) is 15.3. The lowest BCUT2D eigenvalue weighted by Crippen LogP contribution is -2.38. The maximum atomic E-state index is 12.7. The van der Waals surface area contributed by atoms with Gasteiger partial charge in [0, 0.05) is 22.5 Å². The summed E-state index contributed by atoms with van der Waals surface area (Å²) in [7, 11) is 0. The third kappa shape index (κ3) is 3.02. The number of fused-ring (bicyclic) bond motifs is 1. The van der Waals surface area contributed by atoms with Gasteiger partial charge in [0.1, 0.15) is 0 Å². The van der Waals surface area contributed by atoms with Crippen molar-refractivity contribution in [2.75, 3.05) is 18.0 Å². The fourth-order valence-electron chi connectivity index (χ4n) is 2.26. The number of benzene rings is 1. The fourth-order valence-corrected chi connectivity index (χ4v) is 3.07. The summed E-state index contributed by atoms with van der Waals surface area (Å²) in [6.07, 6.45) is 2.48. The third-order valence-corrected chi connectivity index (χ3v) is 4.34. The minimum Gasteiger partial charge on any atom is -0.449 e. The topological polar surface area (TPSA) is 55.6 Å². The number of amides is 1. The maximum Gasteiger partial charge on any atom is 0.294 e. The normalized spacial score (nSPS) is 15.8. The predicted molar refractivity (Wildman–Crippen MR) is 90.4 cm³/mol. The van der Waals surface area contributed by atoms with Gasteiger partial charge in [-0.05, 0) is 42.6 Å². The van der Waals surface area contributed by atoms with Gasteiger partial charge in [-0.1, -0.05) is 17.7 Å². The van der Waals surface area contributed by atoms with Crippen molar-refractivity contribution in [2.24, 2.45) is 5.73 Å². The second-order valence-corrected chi connectivity index (χ2v) is 6.25. The first-order chi connectivity index (χ1) is 10.7. The van der Waals surface area contributed by atoms with E-state index in [0.29, 0.717) is 41.7 Å². The van der Waals surface area contributed by atoms with Gasteiger partial charge in [-0.15, -0.1) is 11.3 Å². The van der Waals surface area contributed by atoms with Crippen LogP contribution < -0.4 is 15.4 Å². The van der Waals surface area contributed by atoms with E-state index in [1.54, 1.807) is 40.5 Å². The molecule has 2 aromatic rings. The molecule has 4 nitrogen and oxygen atoms in total. The lowest BCUT2D eigenvalue weighted by Gasteiger charge is -2.30. The zero-order chi connectivity index (χ0) is 15.5. The number of ether oxygens (including phenoxy) is 1. The lowest BCUT2D eigenvalue weighted by molar-refractivity contribution is -0.117. The molecular weight excluding hydrogens is 320 g/mol. The van der Waals surface area contributed by atoms with Crippen LogP contribution in [0.3, 0.4) is 0 Å². The van der Waals surface area contributed by atoms with Crippen LogP contribution >= 0.6 is 22.9 Å². The minimum absolute atomic E-state index is 0.170. The molecule has 114 valence electrons. The van der Waals surface area contributed by atoms with Gasteiger partial charge in [-0.25, -0.2) is 0 Å². The van der Waals surface area contributed by atoms with Gasteiger partial charge in [0.25, 0.3) is 5.91 Å². The molecular formula is C16H15ClN2O2S. The van der Waals surface area contributed by atoms with Crippen molar-refractivity contribution < 1.29 is 9.53 Å². The maximum absolute atomic E-state index is 12.7. The standard InChI is InChI=1S/C16H15ClN2O2S/c17-11-4-5-14-13(9-11)19(7-2-6-18)16(20)15(21-14)10-12-3-1-8-22-12/h1,3-5,8-10H,2,6-7,18H2/b15-10+. The number of anilines is 1. The quantitative estimate of drug-likeness (QED) is 0.870. The van der Waals surface area contributed by atoms with E-state index in [1.807, 2.05) is 17.5 Å². The summed E-state index contributed by atoms with van der Waals surface area (Å²) < 4.78 is 5.77. The van der Waals surface area contributed by atoms with E-state index in [2.05, 4.69) is 0 Å². The van der Waals surface area contributed by atoms with Crippen molar-refractivity contribution in [3.8, 4) is 5.75 Å². The minimum atomic E-state index is -0.170. The van der Waals surface area contributed by atoms with Gasteiger partial charge in [0.15, 0.2) is 11.5 Å². The molecule has 0 unspecified atom stereocenters. The number of carbonyl (C=O) groups excluding carboxylic acids is 1. The second kappa shape index (κ2) is 6.52. The van der Waals surface area contributed by atoms with Gasteiger partial charge in [0.05, 0.1) is 5.69 Å². The monoisotopic (exact) mass is 334 g/mol. The molecule has 1 aromatic heterocycles. The molecule has 1 aromatic carbocycles. The molecule has 22 heavy (non-hydrogen) atoms. The zero-order valence-electron chi connectivity index (χ0n) is 11.8. The number of nitrogens with zero attached hydrogens (tertiary/aromatic N) is 1. The summed E-state index contributed by atoms with van der Waals surface area (Å²) >= 11 is 7.60. The number of thiophene rings is 1. The van der Waals surface area contributed by atoms with Crippen LogP contribution in [0.25, 0.3) is 6.08 Å². The number of carbonyl (C=O) groups is 1. The van der Waals surface area contributed by atoms with E-state index in [-0.39, 0.29) is 5.91 Å².